The summed E-state index contributed by atoms with van der Waals surface area (Å²) in [6, 6.07) is -0.996. The number of esters is 1. The molecule has 3 unspecified atom stereocenters. The van der Waals surface area contributed by atoms with Crippen LogP contribution in [0.25, 0.3) is 0 Å². The topological polar surface area (TPSA) is 93.2 Å². The number of carbonyl (C=O) groups excluding carboxylic acids is 4. The number of β-lactam (4-membered cyclic amide) rings is 1. The van der Waals surface area contributed by atoms with Crippen molar-refractivity contribution in [3.8, 4) is 0 Å². The minimum absolute atomic E-state index is 0.0487. The number of nitrogens with zero attached hydrogens (tertiary/aromatic N) is 2. The maximum Gasteiger partial charge on any atom is 0.332 e. The molecule has 0 aromatic rings. The van der Waals surface area contributed by atoms with Crippen LogP contribution in [-0.2, 0) is 28.3 Å². The zero-order chi connectivity index (χ0) is 23.0. The normalized spacial score (nSPS) is 24.6. The predicted octanol–water partition coefficient (Wildman–Crippen LogP) is 2.71. The smallest absolute Gasteiger partial charge is 0.332 e. The summed E-state index contributed by atoms with van der Waals surface area (Å²) in [6.07, 6.45) is 1.19. The summed E-state index contributed by atoms with van der Waals surface area (Å²) < 4.78 is 12.3. The maximum absolute atomic E-state index is 13.1. The van der Waals surface area contributed by atoms with Crippen LogP contribution >= 0.6 is 11.9 Å². The lowest BCUT2D eigenvalue weighted by Gasteiger charge is -2.52. The minimum atomic E-state index is -2.17. The molecule has 0 aromatic carbocycles. The summed E-state index contributed by atoms with van der Waals surface area (Å²) in [5, 5.41) is -0.669. The molecule has 2 fully saturated rings. The van der Waals surface area contributed by atoms with E-state index in [0.717, 1.165) is 16.3 Å². The number of carbonyl (C=O) groups is 4. The molecule has 30 heavy (non-hydrogen) atoms. The number of ether oxygens (including phenoxy) is 1. The van der Waals surface area contributed by atoms with Crippen LogP contribution in [0.15, 0.2) is 12.7 Å². The first-order chi connectivity index (χ1) is 13.8. The molecule has 2 aliphatic rings. The fraction of sp³-hybridized carbons (Fsp3) is 0.700. The molecule has 10 heteroatoms. The van der Waals surface area contributed by atoms with Crippen molar-refractivity contribution in [2.24, 2.45) is 5.92 Å². The molecule has 0 saturated carbocycles. The van der Waals surface area contributed by atoms with Crippen LogP contribution in [0.5, 0.6) is 0 Å². The number of hydrogen-bond donors (Lipinski definition) is 0. The Morgan fingerprint density at radius 2 is 1.77 bits per heavy atom. The van der Waals surface area contributed by atoms with Crippen LogP contribution in [0.4, 0.5) is 0 Å². The number of imide groups is 1. The van der Waals surface area contributed by atoms with Gasteiger partial charge in [0.15, 0.2) is 8.32 Å². The lowest BCUT2D eigenvalue weighted by Crippen LogP contribution is -2.68. The lowest BCUT2D eigenvalue weighted by molar-refractivity contribution is -0.167. The maximum atomic E-state index is 13.1. The average molecular weight is 457 g/mol. The predicted molar refractivity (Wildman–Crippen MR) is 117 cm³/mol. The highest BCUT2D eigenvalue weighted by Gasteiger charge is 2.57. The Morgan fingerprint density at radius 1 is 1.23 bits per heavy atom. The molecule has 2 saturated heterocycles. The highest BCUT2D eigenvalue weighted by Crippen LogP contribution is 2.45. The van der Waals surface area contributed by atoms with Gasteiger partial charge in [0, 0.05) is 12.8 Å². The average Bonchev–Trinajstić information content (AvgIpc) is 2.95. The highest BCUT2D eigenvalue weighted by atomic mass is 32.2. The van der Waals surface area contributed by atoms with Gasteiger partial charge in [0.2, 0.25) is 17.7 Å². The summed E-state index contributed by atoms with van der Waals surface area (Å²) >= 11 is 0.983. The number of likely N-dealkylation sites (tertiary alicyclic amines) is 1. The van der Waals surface area contributed by atoms with Crippen LogP contribution in [-0.4, -0.2) is 65.8 Å². The molecule has 0 spiro atoms. The van der Waals surface area contributed by atoms with E-state index < -0.39 is 37.7 Å². The molecule has 8 nitrogen and oxygen atoms in total. The Bertz CT molecular complexity index is 734. The van der Waals surface area contributed by atoms with Crippen molar-refractivity contribution in [3.05, 3.63) is 12.7 Å². The Labute approximate surface area is 183 Å². The molecule has 2 heterocycles. The summed E-state index contributed by atoms with van der Waals surface area (Å²) in [5.74, 6) is -2.10. The zero-order valence-electron chi connectivity index (χ0n) is 18.8. The standard InChI is InChI=1S/C20H32N2O6SSi/c1-9-13(19(26)27-6)21-17(25)16(12(2)28-30(7,8)20(3,4)5)18(21)29-22-14(23)10-11-15(22)24/h9,12-13,16,18H,1,10-11H2,2-8H3/t12-,13?,16?,18?/m1/s1. The molecule has 4 atom stereocenters. The number of amides is 3. The second-order valence-electron chi connectivity index (χ2n) is 9.14. The molecule has 3 amide bonds. The van der Waals surface area contributed by atoms with Crippen LogP contribution in [0.3, 0.4) is 0 Å². The molecule has 2 aliphatic heterocycles. The van der Waals surface area contributed by atoms with E-state index in [4.69, 9.17) is 9.16 Å². The van der Waals surface area contributed by atoms with Crippen molar-refractivity contribution in [2.45, 2.75) is 76.2 Å². The Kier molecular flexibility index (Phi) is 7.25. The first kappa shape index (κ1) is 24.6. The van der Waals surface area contributed by atoms with Gasteiger partial charge in [0.05, 0.1) is 19.1 Å². The van der Waals surface area contributed by atoms with E-state index in [0.29, 0.717) is 0 Å². The Morgan fingerprint density at radius 3 is 2.20 bits per heavy atom. The number of methoxy groups -OCH3 is 1. The van der Waals surface area contributed by atoms with E-state index >= 15 is 0 Å². The number of hydrogen-bond acceptors (Lipinski definition) is 7. The van der Waals surface area contributed by atoms with Gasteiger partial charge >= 0.3 is 5.97 Å². The molecular formula is C20H32N2O6SSi. The summed E-state index contributed by atoms with van der Waals surface area (Å²) in [4.78, 5) is 51.0. The lowest BCUT2D eigenvalue weighted by atomic mass is 9.91. The van der Waals surface area contributed by atoms with Gasteiger partial charge < -0.3 is 14.1 Å². The highest BCUT2D eigenvalue weighted by molar-refractivity contribution is 7.98. The first-order valence-electron chi connectivity index (χ1n) is 9.99. The van der Waals surface area contributed by atoms with Gasteiger partial charge in [0.25, 0.3) is 0 Å². The third-order valence-electron chi connectivity index (χ3n) is 6.10. The third kappa shape index (κ3) is 4.50. The summed E-state index contributed by atoms with van der Waals surface area (Å²) in [5.41, 5.74) is 0. The van der Waals surface area contributed by atoms with Crippen molar-refractivity contribution in [2.75, 3.05) is 7.11 Å². The molecule has 0 N–H and O–H groups in total. The minimum Gasteiger partial charge on any atom is -0.467 e. The van der Waals surface area contributed by atoms with Crippen molar-refractivity contribution in [1.82, 2.24) is 9.21 Å². The molecule has 0 radical (unpaired) electrons. The van der Waals surface area contributed by atoms with Gasteiger partial charge in [-0.1, -0.05) is 26.8 Å². The van der Waals surface area contributed by atoms with E-state index in [1.54, 1.807) is 0 Å². The second kappa shape index (κ2) is 8.84. The van der Waals surface area contributed by atoms with Gasteiger partial charge in [-0.3, -0.25) is 14.4 Å². The van der Waals surface area contributed by atoms with Crippen LogP contribution in [0, 0.1) is 5.92 Å². The molecular weight excluding hydrogens is 424 g/mol. The van der Waals surface area contributed by atoms with Crippen LogP contribution in [0.1, 0.15) is 40.5 Å². The molecule has 0 bridgehead atoms. The van der Waals surface area contributed by atoms with Gasteiger partial charge in [-0.2, -0.15) is 0 Å². The fourth-order valence-electron chi connectivity index (χ4n) is 3.30. The van der Waals surface area contributed by atoms with Gasteiger partial charge in [-0.05, 0) is 37.0 Å². The van der Waals surface area contributed by atoms with Crippen LogP contribution in [0.2, 0.25) is 18.1 Å². The second-order valence-corrected chi connectivity index (χ2v) is 15.0. The van der Waals surface area contributed by atoms with Crippen molar-refractivity contribution in [3.63, 3.8) is 0 Å². The third-order valence-corrected chi connectivity index (χ3v) is 12.0. The molecule has 2 rings (SSSR count). The van der Waals surface area contributed by atoms with E-state index in [2.05, 4.69) is 40.4 Å². The molecule has 168 valence electrons. The Hall–Kier alpha value is -1.65. The Balaban J connectivity index is 2.32. The molecule has 0 aromatic heterocycles. The number of rotatable bonds is 8. The van der Waals surface area contributed by atoms with Gasteiger partial charge in [-0.15, -0.1) is 6.58 Å². The quantitative estimate of drug-likeness (QED) is 0.138. The van der Waals surface area contributed by atoms with Crippen LogP contribution < -0.4 is 0 Å². The largest absolute Gasteiger partial charge is 0.467 e. The van der Waals surface area contributed by atoms with Crippen molar-refractivity contribution in [1.29, 1.82) is 0 Å². The van der Waals surface area contributed by atoms with E-state index in [1.807, 2.05) is 6.92 Å². The SMILES string of the molecule is C=CC(C(=O)OC)N1C(=O)C([C@@H](C)O[Si](C)(C)C(C)(C)C)C1SN1C(=O)CCC1=O. The molecule has 0 aliphatic carbocycles. The first-order valence-corrected chi connectivity index (χ1v) is 13.7. The summed E-state index contributed by atoms with van der Waals surface area (Å²) in [6.45, 7) is 16.0. The monoisotopic (exact) mass is 456 g/mol. The fourth-order valence-corrected chi connectivity index (χ4v) is 6.16. The zero-order valence-corrected chi connectivity index (χ0v) is 20.6. The van der Waals surface area contributed by atoms with Crippen molar-refractivity contribution < 1.29 is 28.3 Å². The van der Waals surface area contributed by atoms with Gasteiger partial charge in [-0.25, -0.2) is 9.10 Å². The van der Waals surface area contributed by atoms with E-state index in [9.17, 15) is 19.2 Å². The van der Waals surface area contributed by atoms with Gasteiger partial charge in [0.1, 0.15) is 11.4 Å². The summed E-state index contributed by atoms with van der Waals surface area (Å²) in [7, 11) is -0.933. The van der Waals surface area contributed by atoms with E-state index in [1.165, 1.54) is 18.1 Å². The van der Waals surface area contributed by atoms with E-state index in [-0.39, 0.29) is 35.6 Å². The van der Waals surface area contributed by atoms with Crippen molar-refractivity contribution >= 4 is 44.0 Å².